The molecule has 3 rings (SSSR count). The van der Waals surface area contributed by atoms with Crippen molar-refractivity contribution in [2.45, 2.75) is 38.3 Å². The Kier molecular flexibility index (Phi) is 4.04. The summed E-state index contributed by atoms with van der Waals surface area (Å²) in [5.74, 6) is 1.24. The third kappa shape index (κ3) is 2.56. The SMILES string of the molecule is C=C1CCCC(C2(c3ccc(OC)cc3)N=C(C)C(=S)N2)C1. The summed E-state index contributed by atoms with van der Waals surface area (Å²) in [6.45, 7) is 6.18. The van der Waals surface area contributed by atoms with E-state index in [1.54, 1.807) is 7.11 Å². The van der Waals surface area contributed by atoms with Crippen molar-refractivity contribution >= 4 is 22.9 Å². The molecule has 0 bridgehead atoms. The molecule has 1 aromatic carbocycles. The minimum absolute atomic E-state index is 0.387. The van der Waals surface area contributed by atoms with Crippen LogP contribution in [-0.4, -0.2) is 17.8 Å². The van der Waals surface area contributed by atoms with Gasteiger partial charge in [0.25, 0.3) is 0 Å². The van der Waals surface area contributed by atoms with Gasteiger partial charge in [-0.05, 0) is 44.7 Å². The Bertz CT molecular complexity index is 635. The summed E-state index contributed by atoms with van der Waals surface area (Å²) in [5.41, 5.74) is 2.93. The molecular weight excluding hydrogens is 292 g/mol. The van der Waals surface area contributed by atoms with Crippen molar-refractivity contribution in [2.75, 3.05) is 7.11 Å². The van der Waals surface area contributed by atoms with Crippen molar-refractivity contribution in [2.24, 2.45) is 10.9 Å². The van der Waals surface area contributed by atoms with Gasteiger partial charge < -0.3 is 10.1 Å². The smallest absolute Gasteiger partial charge is 0.159 e. The molecule has 0 amide bonds. The third-order valence-corrected chi connectivity index (χ3v) is 5.11. The van der Waals surface area contributed by atoms with Crippen LogP contribution >= 0.6 is 12.2 Å². The molecule has 0 spiro atoms. The fraction of sp³-hybridized carbons (Fsp3) is 0.444. The molecule has 0 aromatic heterocycles. The summed E-state index contributed by atoms with van der Waals surface area (Å²) in [7, 11) is 1.68. The number of rotatable bonds is 3. The normalized spacial score (nSPS) is 28.3. The Hall–Kier alpha value is -1.68. The first-order chi connectivity index (χ1) is 10.5. The van der Waals surface area contributed by atoms with Crippen LogP contribution in [0.2, 0.25) is 0 Å². The molecule has 4 heteroatoms. The number of ether oxygens (including phenoxy) is 1. The molecule has 1 N–H and O–H groups in total. The van der Waals surface area contributed by atoms with E-state index in [0.29, 0.717) is 5.92 Å². The largest absolute Gasteiger partial charge is 0.497 e. The maximum absolute atomic E-state index is 5.45. The van der Waals surface area contributed by atoms with Crippen molar-refractivity contribution in [3.8, 4) is 5.75 Å². The molecule has 3 nitrogen and oxygen atoms in total. The van der Waals surface area contributed by atoms with Gasteiger partial charge in [-0.3, -0.25) is 4.99 Å². The Labute approximate surface area is 137 Å². The van der Waals surface area contributed by atoms with E-state index >= 15 is 0 Å². The minimum Gasteiger partial charge on any atom is -0.497 e. The van der Waals surface area contributed by atoms with Gasteiger partial charge in [0.2, 0.25) is 0 Å². The van der Waals surface area contributed by atoms with Gasteiger partial charge >= 0.3 is 0 Å². The van der Waals surface area contributed by atoms with E-state index in [4.69, 9.17) is 21.9 Å². The molecule has 0 saturated heterocycles. The van der Waals surface area contributed by atoms with E-state index in [0.717, 1.165) is 41.3 Å². The first kappa shape index (κ1) is 15.2. The average Bonchev–Trinajstić information content (AvgIpc) is 2.84. The van der Waals surface area contributed by atoms with Crippen molar-refractivity contribution in [1.29, 1.82) is 0 Å². The van der Waals surface area contributed by atoms with Gasteiger partial charge in [-0.15, -0.1) is 0 Å². The van der Waals surface area contributed by atoms with Crippen LogP contribution in [0, 0.1) is 5.92 Å². The van der Waals surface area contributed by atoms with E-state index in [1.807, 2.05) is 19.1 Å². The summed E-state index contributed by atoms with van der Waals surface area (Å²) in [4.78, 5) is 5.72. The lowest BCUT2D eigenvalue weighted by Gasteiger charge is -2.39. The molecule has 1 aromatic rings. The quantitative estimate of drug-likeness (QED) is 0.676. The number of aliphatic imine (C=N–C) groups is 1. The van der Waals surface area contributed by atoms with Crippen molar-refractivity contribution < 1.29 is 4.74 Å². The van der Waals surface area contributed by atoms with Crippen LogP contribution in [-0.2, 0) is 5.66 Å². The maximum atomic E-state index is 5.45. The molecule has 2 unspecified atom stereocenters. The number of thiocarbonyl (C=S) groups is 1. The highest BCUT2D eigenvalue weighted by Gasteiger charge is 2.45. The summed E-state index contributed by atoms with van der Waals surface area (Å²) in [6.07, 6.45) is 4.43. The topological polar surface area (TPSA) is 33.6 Å². The van der Waals surface area contributed by atoms with E-state index in [-0.39, 0.29) is 0 Å². The zero-order valence-corrected chi connectivity index (χ0v) is 14.0. The van der Waals surface area contributed by atoms with Gasteiger partial charge in [0.1, 0.15) is 10.7 Å². The van der Waals surface area contributed by atoms with Crippen LogP contribution in [0.15, 0.2) is 41.4 Å². The van der Waals surface area contributed by atoms with Crippen molar-refractivity contribution in [3.63, 3.8) is 0 Å². The Morgan fingerprint density at radius 1 is 1.36 bits per heavy atom. The standard InChI is InChI=1S/C18H22N2OS/c1-12-5-4-6-15(11-12)18(19-13(2)17(22)20-18)14-7-9-16(21-3)10-8-14/h7-10,15H,1,4-6,11H2,2-3H3,(H,20,22). The van der Waals surface area contributed by atoms with E-state index in [1.165, 1.54) is 12.0 Å². The number of methoxy groups -OCH3 is 1. The number of nitrogens with one attached hydrogen (secondary N) is 1. The lowest BCUT2D eigenvalue weighted by atomic mass is 9.75. The molecule has 1 fully saturated rings. The molecule has 1 aliphatic carbocycles. The highest BCUT2D eigenvalue weighted by Crippen LogP contribution is 2.44. The highest BCUT2D eigenvalue weighted by atomic mass is 32.1. The van der Waals surface area contributed by atoms with Crippen LogP contribution in [0.25, 0.3) is 0 Å². The maximum Gasteiger partial charge on any atom is 0.159 e. The van der Waals surface area contributed by atoms with Gasteiger partial charge in [0.05, 0.1) is 12.8 Å². The zero-order valence-electron chi connectivity index (χ0n) is 13.2. The van der Waals surface area contributed by atoms with Crippen LogP contribution in [0.4, 0.5) is 0 Å². The fourth-order valence-electron chi connectivity index (χ4n) is 3.53. The van der Waals surface area contributed by atoms with Gasteiger partial charge in [-0.1, -0.05) is 36.5 Å². The molecule has 1 heterocycles. The predicted molar refractivity (Wildman–Crippen MR) is 94.6 cm³/mol. The van der Waals surface area contributed by atoms with E-state index < -0.39 is 5.66 Å². The lowest BCUT2D eigenvalue weighted by molar-refractivity contribution is 0.224. The van der Waals surface area contributed by atoms with Gasteiger partial charge in [0.15, 0.2) is 5.66 Å². The first-order valence-corrected chi connectivity index (χ1v) is 8.16. The summed E-state index contributed by atoms with van der Waals surface area (Å²) in [6, 6.07) is 8.16. The number of benzene rings is 1. The number of hydrogen-bond donors (Lipinski definition) is 1. The summed E-state index contributed by atoms with van der Waals surface area (Å²) in [5, 5.41) is 3.51. The van der Waals surface area contributed by atoms with Gasteiger partial charge in [0, 0.05) is 11.5 Å². The Morgan fingerprint density at radius 3 is 2.64 bits per heavy atom. The molecule has 1 saturated carbocycles. The zero-order chi connectivity index (χ0) is 15.7. The van der Waals surface area contributed by atoms with Gasteiger partial charge in [-0.2, -0.15) is 0 Å². The Morgan fingerprint density at radius 2 is 2.09 bits per heavy atom. The fourth-order valence-corrected chi connectivity index (χ4v) is 3.73. The van der Waals surface area contributed by atoms with Crippen LogP contribution in [0.3, 0.4) is 0 Å². The summed E-state index contributed by atoms with van der Waals surface area (Å²) < 4.78 is 5.27. The third-order valence-electron chi connectivity index (χ3n) is 4.72. The van der Waals surface area contributed by atoms with Crippen molar-refractivity contribution in [3.05, 3.63) is 42.0 Å². The number of nitrogens with zero attached hydrogens (tertiary/aromatic N) is 1. The second-order valence-corrected chi connectivity index (χ2v) is 6.60. The molecule has 1 aliphatic heterocycles. The first-order valence-electron chi connectivity index (χ1n) is 7.75. The second-order valence-electron chi connectivity index (χ2n) is 6.19. The lowest BCUT2D eigenvalue weighted by Crippen LogP contribution is -2.46. The minimum atomic E-state index is -0.448. The van der Waals surface area contributed by atoms with Gasteiger partial charge in [-0.25, -0.2) is 0 Å². The van der Waals surface area contributed by atoms with E-state index in [9.17, 15) is 0 Å². The van der Waals surface area contributed by atoms with Crippen LogP contribution in [0.1, 0.15) is 38.2 Å². The van der Waals surface area contributed by atoms with E-state index in [2.05, 4.69) is 24.0 Å². The molecule has 2 atom stereocenters. The monoisotopic (exact) mass is 314 g/mol. The van der Waals surface area contributed by atoms with Crippen LogP contribution in [0.5, 0.6) is 5.75 Å². The number of hydrogen-bond acceptors (Lipinski definition) is 3. The average molecular weight is 314 g/mol. The van der Waals surface area contributed by atoms with Crippen molar-refractivity contribution in [1.82, 2.24) is 5.32 Å². The molecule has 22 heavy (non-hydrogen) atoms. The second kappa shape index (κ2) is 5.84. The molecular formula is C18H22N2OS. The predicted octanol–water partition coefficient (Wildman–Crippen LogP) is 3.99. The van der Waals surface area contributed by atoms with Crippen LogP contribution < -0.4 is 10.1 Å². The summed E-state index contributed by atoms with van der Waals surface area (Å²) >= 11 is 5.45. The number of allylic oxidation sites excluding steroid dienone is 1. The Balaban J connectivity index is 2.03. The molecule has 2 aliphatic rings. The molecule has 0 radical (unpaired) electrons. The highest BCUT2D eigenvalue weighted by molar-refractivity contribution is 7.82. The molecule has 116 valence electrons.